The molecule has 1 aliphatic rings. The minimum atomic E-state index is -2.82. The normalized spacial score (nSPS) is 15.2. The average Bonchev–Trinajstić information content (AvgIpc) is 3.23. The van der Waals surface area contributed by atoms with Crippen LogP contribution in [0.4, 0.5) is 8.78 Å². The maximum Gasteiger partial charge on any atom is 0.270 e. The van der Waals surface area contributed by atoms with Crippen LogP contribution in [0.2, 0.25) is 0 Å². The van der Waals surface area contributed by atoms with Gasteiger partial charge in [0.2, 0.25) is 0 Å². The molecule has 1 aromatic carbocycles. The molecule has 2 nitrogen and oxygen atoms in total. The molecule has 0 unspecified atom stereocenters. The van der Waals surface area contributed by atoms with Crippen molar-refractivity contribution in [1.82, 2.24) is 4.98 Å². The van der Waals surface area contributed by atoms with Crippen molar-refractivity contribution in [3.8, 4) is 0 Å². The van der Waals surface area contributed by atoms with E-state index in [2.05, 4.69) is 4.98 Å². The van der Waals surface area contributed by atoms with Crippen molar-refractivity contribution >= 4 is 0 Å². The van der Waals surface area contributed by atoms with Gasteiger partial charge < -0.3 is 4.98 Å². The Morgan fingerprint density at radius 1 is 1.14 bits per heavy atom. The SMILES string of the molecule is CC(F)(F)c1ccc(Cc2ccc(C3CC3)c(=O)[nH]2)cc1. The lowest BCUT2D eigenvalue weighted by molar-refractivity contribution is 0.0174. The van der Waals surface area contributed by atoms with Crippen LogP contribution in [0.1, 0.15) is 48.1 Å². The lowest BCUT2D eigenvalue weighted by Crippen LogP contribution is -2.13. The van der Waals surface area contributed by atoms with Gasteiger partial charge in [0.05, 0.1) is 0 Å². The Labute approximate surface area is 121 Å². The molecule has 110 valence electrons. The molecular weight excluding hydrogens is 272 g/mol. The van der Waals surface area contributed by atoms with Crippen LogP contribution < -0.4 is 5.56 Å². The molecule has 3 rings (SSSR count). The second-order valence-corrected chi connectivity index (χ2v) is 5.80. The van der Waals surface area contributed by atoms with Crippen LogP contribution in [0.15, 0.2) is 41.2 Å². The Bertz CT molecular complexity index is 694. The molecule has 0 saturated heterocycles. The number of hydrogen-bond acceptors (Lipinski definition) is 1. The summed E-state index contributed by atoms with van der Waals surface area (Å²) in [7, 11) is 0. The zero-order valence-electron chi connectivity index (χ0n) is 11.8. The van der Waals surface area contributed by atoms with Gasteiger partial charge in [0.1, 0.15) is 0 Å². The second kappa shape index (κ2) is 5.10. The first kappa shape index (κ1) is 14.0. The quantitative estimate of drug-likeness (QED) is 0.908. The Hall–Kier alpha value is -1.97. The summed E-state index contributed by atoms with van der Waals surface area (Å²) in [6.07, 6.45) is 2.72. The summed E-state index contributed by atoms with van der Waals surface area (Å²) in [5, 5.41) is 0. The number of rotatable bonds is 4. The molecule has 0 bridgehead atoms. The number of halogens is 2. The Kier molecular flexibility index (Phi) is 3.40. The highest BCUT2D eigenvalue weighted by Crippen LogP contribution is 2.38. The van der Waals surface area contributed by atoms with E-state index in [-0.39, 0.29) is 11.1 Å². The maximum atomic E-state index is 13.1. The van der Waals surface area contributed by atoms with Gasteiger partial charge in [0.25, 0.3) is 11.5 Å². The highest BCUT2D eigenvalue weighted by molar-refractivity contribution is 5.29. The van der Waals surface area contributed by atoms with Crippen LogP contribution in [-0.2, 0) is 12.3 Å². The molecule has 1 saturated carbocycles. The number of nitrogens with one attached hydrogen (secondary N) is 1. The zero-order chi connectivity index (χ0) is 15.0. The molecule has 0 spiro atoms. The van der Waals surface area contributed by atoms with E-state index in [4.69, 9.17) is 0 Å². The topological polar surface area (TPSA) is 32.9 Å². The van der Waals surface area contributed by atoms with E-state index >= 15 is 0 Å². The lowest BCUT2D eigenvalue weighted by atomic mass is 10.0. The molecule has 21 heavy (non-hydrogen) atoms. The zero-order valence-corrected chi connectivity index (χ0v) is 11.8. The van der Waals surface area contributed by atoms with Gasteiger partial charge in [-0.3, -0.25) is 4.79 Å². The third kappa shape index (κ3) is 3.20. The van der Waals surface area contributed by atoms with E-state index < -0.39 is 5.92 Å². The van der Waals surface area contributed by atoms with E-state index in [0.29, 0.717) is 12.3 Å². The molecule has 0 amide bonds. The molecule has 2 aromatic rings. The molecule has 0 atom stereocenters. The minimum Gasteiger partial charge on any atom is -0.326 e. The van der Waals surface area contributed by atoms with Gasteiger partial charge in [-0.25, -0.2) is 8.78 Å². The van der Waals surface area contributed by atoms with Crippen molar-refractivity contribution in [2.45, 2.75) is 38.0 Å². The first-order valence-corrected chi connectivity index (χ1v) is 7.13. The van der Waals surface area contributed by atoms with Gasteiger partial charge in [0.15, 0.2) is 0 Å². The minimum absolute atomic E-state index is 0.00354. The van der Waals surface area contributed by atoms with Crippen molar-refractivity contribution in [2.24, 2.45) is 0 Å². The number of benzene rings is 1. The maximum absolute atomic E-state index is 13.1. The van der Waals surface area contributed by atoms with Gasteiger partial charge in [-0.15, -0.1) is 0 Å². The smallest absolute Gasteiger partial charge is 0.270 e. The van der Waals surface area contributed by atoms with Crippen LogP contribution in [-0.4, -0.2) is 4.98 Å². The number of pyridine rings is 1. The van der Waals surface area contributed by atoms with Crippen LogP contribution in [0.5, 0.6) is 0 Å². The summed E-state index contributed by atoms with van der Waals surface area (Å²) in [5.41, 5.74) is 2.55. The summed E-state index contributed by atoms with van der Waals surface area (Å²) in [6, 6.07) is 10.0. The van der Waals surface area contributed by atoms with E-state index in [9.17, 15) is 13.6 Å². The van der Waals surface area contributed by atoms with Crippen LogP contribution in [0.25, 0.3) is 0 Å². The van der Waals surface area contributed by atoms with E-state index in [0.717, 1.165) is 36.6 Å². The predicted molar refractivity (Wildman–Crippen MR) is 77.9 cm³/mol. The van der Waals surface area contributed by atoms with Crippen LogP contribution in [0, 0.1) is 0 Å². The lowest BCUT2D eigenvalue weighted by Gasteiger charge is -2.11. The van der Waals surface area contributed by atoms with Crippen molar-refractivity contribution in [1.29, 1.82) is 0 Å². The summed E-state index contributed by atoms with van der Waals surface area (Å²) >= 11 is 0. The highest BCUT2D eigenvalue weighted by Gasteiger charge is 2.26. The summed E-state index contributed by atoms with van der Waals surface area (Å²) in [4.78, 5) is 14.8. The van der Waals surface area contributed by atoms with Gasteiger partial charge in [-0.05, 0) is 30.4 Å². The van der Waals surface area contributed by atoms with E-state index in [1.807, 2.05) is 12.1 Å². The Balaban J connectivity index is 1.77. The molecule has 0 aliphatic heterocycles. The molecular formula is C17H17F2NO. The summed E-state index contributed by atoms with van der Waals surface area (Å²) in [5.74, 6) is -2.40. The van der Waals surface area contributed by atoms with Gasteiger partial charge >= 0.3 is 0 Å². The third-order valence-electron chi connectivity index (χ3n) is 3.87. The molecule has 4 heteroatoms. The number of hydrogen-bond donors (Lipinski definition) is 1. The van der Waals surface area contributed by atoms with Crippen LogP contribution in [0.3, 0.4) is 0 Å². The molecule has 1 aliphatic carbocycles. The summed E-state index contributed by atoms with van der Waals surface area (Å²) in [6.45, 7) is 0.885. The fraction of sp³-hybridized carbons (Fsp3) is 0.353. The number of aromatic nitrogens is 1. The highest BCUT2D eigenvalue weighted by atomic mass is 19.3. The Morgan fingerprint density at radius 3 is 2.33 bits per heavy atom. The summed E-state index contributed by atoms with van der Waals surface area (Å²) < 4.78 is 26.3. The van der Waals surface area contributed by atoms with Gasteiger partial charge in [0, 0.05) is 30.2 Å². The number of aromatic amines is 1. The van der Waals surface area contributed by atoms with Gasteiger partial charge in [-0.1, -0.05) is 30.3 Å². The first-order valence-electron chi connectivity index (χ1n) is 7.13. The monoisotopic (exact) mass is 289 g/mol. The predicted octanol–water partition coefficient (Wildman–Crippen LogP) is 3.95. The molecule has 1 aromatic heterocycles. The first-order chi connectivity index (χ1) is 9.93. The fourth-order valence-corrected chi connectivity index (χ4v) is 2.48. The largest absolute Gasteiger partial charge is 0.326 e. The Morgan fingerprint density at radius 2 is 1.81 bits per heavy atom. The number of alkyl halides is 2. The molecule has 1 fully saturated rings. The standard InChI is InChI=1S/C17H17F2NO/c1-17(18,19)13-6-2-11(3-7-13)10-14-8-9-15(12-4-5-12)16(21)20-14/h2-3,6-9,12H,4-5,10H2,1H3,(H,20,21). The molecule has 1 heterocycles. The van der Waals surface area contributed by atoms with E-state index in [1.54, 1.807) is 12.1 Å². The second-order valence-electron chi connectivity index (χ2n) is 5.80. The molecule has 0 radical (unpaired) electrons. The third-order valence-corrected chi connectivity index (χ3v) is 3.87. The van der Waals surface area contributed by atoms with Crippen molar-refractivity contribution in [3.63, 3.8) is 0 Å². The molecule has 1 N–H and O–H groups in total. The van der Waals surface area contributed by atoms with E-state index in [1.165, 1.54) is 12.1 Å². The van der Waals surface area contributed by atoms with Crippen molar-refractivity contribution in [2.75, 3.05) is 0 Å². The fourth-order valence-electron chi connectivity index (χ4n) is 2.48. The van der Waals surface area contributed by atoms with Gasteiger partial charge in [-0.2, -0.15) is 0 Å². The average molecular weight is 289 g/mol. The van der Waals surface area contributed by atoms with Crippen molar-refractivity contribution in [3.05, 3.63) is 69.1 Å². The van der Waals surface area contributed by atoms with Crippen molar-refractivity contribution < 1.29 is 8.78 Å². The number of H-pyrrole nitrogens is 1. The van der Waals surface area contributed by atoms with Crippen LogP contribution >= 0.6 is 0 Å².